The van der Waals surface area contributed by atoms with Crippen LogP contribution >= 0.6 is 0 Å². The number of aliphatic hydroxyl groups is 1. The summed E-state index contributed by atoms with van der Waals surface area (Å²) in [5.41, 5.74) is 1.23. The molecule has 0 saturated carbocycles. The summed E-state index contributed by atoms with van der Waals surface area (Å²) in [6.45, 7) is 6.07. The summed E-state index contributed by atoms with van der Waals surface area (Å²) in [5.74, 6) is -0.828. The normalized spacial score (nSPS) is 17.4. The highest BCUT2D eigenvalue weighted by Crippen LogP contribution is 2.21. The molecule has 1 saturated heterocycles. The van der Waals surface area contributed by atoms with E-state index in [0.717, 1.165) is 11.1 Å². The molecule has 3 rings (SSSR count). The molecule has 35 heavy (non-hydrogen) atoms. The summed E-state index contributed by atoms with van der Waals surface area (Å²) >= 11 is 0. The summed E-state index contributed by atoms with van der Waals surface area (Å²) in [4.78, 5) is 40.1. The highest BCUT2D eigenvalue weighted by Gasteiger charge is 2.40. The Morgan fingerprint density at radius 1 is 1.03 bits per heavy atom. The second kappa shape index (κ2) is 11.8. The molecule has 2 unspecified atom stereocenters. The molecule has 0 spiro atoms. The Kier molecular flexibility index (Phi) is 8.87. The lowest BCUT2D eigenvalue weighted by atomic mass is 10.00. The maximum atomic E-state index is 13.3. The van der Waals surface area contributed by atoms with Crippen molar-refractivity contribution >= 4 is 17.9 Å². The van der Waals surface area contributed by atoms with E-state index in [1.165, 1.54) is 4.90 Å². The molecule has 2 aromatic carbocycles. The van der Waals surface area contributed by atoms with Gasteiger partial charge in [0.15, 0.2) is 6.10 Å². The van der Waals surface area contributed by atoms with Crippen LogP contribution in [0.25, 0.3) is 0 Å². The molecular formula is C27H35N3O5. The number of carbonyl (C=O) groups is 3. The lowest BCUT2D eigenvalue weighted by molar-refractivity contribution is -0.146. The first kappa shape index (κ1) is 26.2. The molecule has 0 radical (unpaired) electrons. The van der Waals surface area contributed by atoms with E-state index in [0.29, 0.717) is 19.4 Å². The van der Waals surface area contributed by atoms with E-state index in [1.54, 1.807) is 0 Å². The summed E-state index contributed by atoms with van der Waals surface area (Å²) < 4.78 is 5.32. The van der Waals surface area contributed by atoms with Crippen molar-refractivity contribution in [2.45, 2.75) is 70.4 Å². The van der Waals surface area contributed by atoms with Crippen molar-refractivity contribution in [3.63, 3.8) is 0 Å². The van der Waals surface area contributed by atoms with Gasteiger partial charge >= 0.3 is 6.09 Å². The fraction of sp³-hybridized carbons (Fsp3) is 0.444. The van der Waals surface area contributed by atoms with E-state index >= 15 is 0 Å². The average Bonchev–Trinajstić information content (AvgIpc) is 3.32. The number of hydrogen-bond acceptors (Lipinski definition) is 5. The van der Waals surface area contributed by atoms with Gasteiger partial charge in [0.1, 0.15) is 12.6 Å². The van der Waals surface area contributed by atoms with Gasteiger partial charge in [0.05, 0.1) is 6.04 Å². The van der Waals surface area contributed by atoms with Crippen LogP contribution in [0.15, 0.2) is 60.7 Å². The van der Waals surface area contributed by atoms with Gasteiger partial charge in [-0.15, -0.1) is 0 Å². The van der Waals surface area contributed by atoms with Gasteiger partial charge in [-0.05, 0) is 51.2 Å². The summed E-state index contributed by atoms with van der Waals surface area (Å²) in [6, 6.07) is 16.9. The number of aliphatic hydroxyl groups excluding tert-OH is 1. The van der Waals surface area contributed by atoms with E-state index in [4.69, 9.17) is 4.74 Å². The first-order valence-electron chi connectivity index (χ1n) is 12.0. The zero-order chi connectivity index (χ0) is 25.4. The Bertz CT molecular complexity index is 991. The molecular weight excluding hydrogens is 446 g/mol. The maximum absolute atomic E-state index is 13.3. The van der Waals surface area contributed by atoms with Crippen molar-refractivity contribution in [2.75, 3.05) is 6.54 Å². The second-order valence-corrected chi connectivity index (χ2v) is 9.88. The molecule has 8 nitrogen and oxygen atoms in total. The number of carbonyl (C=O) groups excluding carboxylic acids is 3. The monoisotopic (exact) mass is 481 g/mol. The predicted octanol–water partition coefficient (Wildman–Crippen LogP) is 2.79. The minimum Gasteiger partial charge on any atom is -0.445 e. The Hall–Kier alpha value is -3.39. The first-order valence-corrected chi connectivity index (χ1v) is 12.0. The zero-order valence-corrected chi connectivity index (χ0v) is 20.6. The van der Waals surface area contributed by atoms with Crippen molar-refractivity contribution in [1.29, 1.82) is 0 Å². The van der Waals surface area contributed by atoms with Crippen LogP contribution in [0.3, 0.4) is 0 Å². The highest BCUT2D eigenvalue weighted by molar-refractivity contribution is 5.90. The average molecular weight is 482 g/mol. The second-order valence-electron chi connectivity index (χ2n) is 9.88. The third-order valence-electron chi connectivity index (χ3n) is 5.79. The molecule has 3 N–H and O–H groups in total. The van der Waals surface area contributed by atoms with Crippen molar-refractivity contribution in [1.82, 2.24) is 15.5 Å². The molecule has 3 amide bonds. The number of alkyl carbamates (subject to hydrolysis) is 1. The van der Waals surface area contributed by atoms with Gasteiger partial charge in [-0.3, -0.25) is 9.59 Å². The van der Waals surface area contributed by atoms with Gasteiger partial charge in [-0.1, -0.05) is 60.7 Å². The smallest absolute Gasteiger partial charge is 0.407 e. The fourth-order valence-electron chi connectivity index (χ4n) is 4.12. The SMILES string of the molecule is CC(C)(C)NC(=O)[C@@H]1CCCN1C(=O)C(O)C(Cc1ccccc1)NC(=O)OCc1ccccc1. The van der Waals surface area contributed by atoms with Crippen LogP contribution in [-0.2, 0) is 27.4 Å². The maximum Gasteiger partial charge on any atom is 0.407 e. The number of ether oxygens (including phenoxy) is 1. The number of rotatable bonds is 8. The third-order valence-corrected chi connectivity index (χ3v) is 5.79. The van der Waals surface area contributed by atoms with Crippen molar-refractivity contribution in [3.8, 4) is 0 Å². The Morgan fingerprint density at radius 3 is 2.23 bits per heavy atom. The first-order chi connectivity index (χ1) is 16.6. The summed E-state index contributed by atoms with van der Waals surface area (Å²) in [7, 11) is 0. The molecule has 1 fully saturated rings. The quantitative estimate of drug-likeness (QED) is 0.537. The zero-order valence-electron chi connectivity index (χ0n) is 20.6. The van der Waals surface area contributed by atoms with E-state index in [-0.39, 0.29) is 18.9 Å². The minimum atomic E-state index is -1.54. The predicted molar refractivity (Wildman–Crippen MR) is 132 cm³/mol. The molecule has 188 valence electrons. The molecule has 0 aromatic heterocycles. The van der Waals surface area contributed by atoms with Crippen LogP contribution in [0, 0.1) is 0 Å². The number of likely N-dealkylation sites (tertiary alicyclic amines) is 1. The fourth-order valence-corrected chi connectivity index (χ4v) is 4.12. The minimum absolute atomic E-state index is 0.0654. The molecule has 1 aliphatic heterocycles. The van der Waals surface area contributed by atoms with Gasteiger partial charge in [-0.25, -0.2) is 4.79 Å². The molecule has 1 aliphatic rings. The van der Waals surface area contributed by atoms with Gasteiger partial charge in [0, 0.05) is 12.1 Å². The van der Waals surface area contributed by atoms with Crippen LogP contribution in [0.2, 0.25) is 0 Å². The topological polar surface area (TPSA) is 108 Å². The van der Waals surface area contributed by atoms with E-state index in [9.17, 15) is 19.5 Å². The van der Waals surface area contributed by atoms with Gasteiger partial charge in [0.2, 0.25) is 5.91 Å². The number of nitrogens with zero attached hydrogens (tertiary/aromatic N) is 1. The Labute approximate surface area is 206 Å². The highest BCUT2D eigenvalue weighted by atomic mass is 16.5. The molecule has 0 bridgehead atoms. The summed E-state index contributed by atoms with van der Waals surface area (Å²) in [5, 5.41) is 16.6. The van der Waals surface area contributed by atoms with Crippen LogP contribution < -0.4 is 10.6 Å². The van der Waals surface area contributed by atoms with Gasteiger partial charge < -0.3 is 25.4 Å². The number of benzene rings is 2. The molecule has 0 aliphatic carbocycles. The van der Waals surface area contributed by atoms with Crippen molar-refractivity contribution in [2.24, 2.45) is 0 Å². The standard InChI is InChI=1S/C27H35N3O5/c1-27(2,3)29-24(32)22-15-10-16-30(22)25(33)23(31)21(17-19-11-6-4-7-12-19)28-26(34)35-18-20-13-8-5-9-14-20/h4-9,11-14,21-23,31H,10,15-18H2,1-3H3,(H,28,34)(H,29,32)/t21?,22-,23?/m0/s1. The third kappa shape index (κ3) is 7.82. The molecule has 3 atom stereocenters. The van der Waals surface area contributed by atoms with Crippen LogP contribution in [0.5, 0.6) is 0 Å². The number of hydrogen-bond donors (Lipinski definition) is 3. The molecule has 1 heterocycles. The van der Waals surface area contributed by atoms with Crippen LogP contribution in [-0.4, -0.2) is 58.2 Å². The van der Waals surface area contributed by atoms with E-state index in [1.807, 2.05) is 81.4 Å². The van der Waals surface area contributed by atoms with Crippen molar-refractivity contribution in [3.05, 3.63) is 71.8 Å². The number of nitrogens with one attached hydrogen (secondary N) is 2. The molecule has 2 aromatic rings. The van der Waals surface area contributed by atoms with E-state index in [2.05, 4.69) is 10.6 Å². The van der Waals surface area contributed by atoms with Crippen molar-refractivity contribution < 1.29 is 24.2 Å². The van der Waals surface area contributed by atoms with Crippen LogP contribution in [0.4, 0.5) is 4.79 Å². The van der Waals surface area contributed by atoms with Gasteiger partial charge in [-0.2, -0.15) is 0 Å². The lowest BCUT2D eigenvalue weighted by Gasteiger charge is -2.31. The lowest BCUT2D eigenvalue weighted by Crippen LogP contribution is -2.57. The largest absolute Gasteiger partial charge is 0.445 e. The Morgan fingerprint density at radius 2 is 1.63 bits per heavy atom. The summed E-state index contributed by atoms with van der Waals surface area (Å²) in [6.07, 6.45) is -0.860. The van der Waals surface area contributed by atoms with Gasteiger partial charge in [0.25, 0.3) is 5.91 Å². The molecule has 8 heteroatoms. The number of amides is 3. The Balaban J connectivity index is 1.71. The van der Waals surface area contributed by atoms with Crippen LogP contribution in [0.1, 0.15) is 44.7 Å². The van der Waals surface area contributed by atoms with E-state index < -0.39 is 35.7 Å².